The van der Waals surface area contributed by atoms with Gasteiger partial charge in [-0.25, -0.2) is 0 Å². The molecular weight excluding hydrogens is 204 g/mol. The maximum atomic E-state index is 12.3. The average molecular weight is 222 g/mol. The van der Waals surface area contributed by atoms with Gasteiger partial charge in [0.1, 0.15) is 11.5 Å². The zero-order chi connectivity index (χ0) is 11.7. The predicted octanol–water partition coefficient (Wildman–Crippen LogP) is 1.33. The van der Waals surface area contributed by atoms with Crippen LogP contribution in [0.15, 0.2) is 10.5 Å². The van der Waals surface area contributed by atoms with E-state index in [9.17, 15) is 4.79 Å². The number of hydrogen-bond donors (Lipinski definition) is 1. The van der Waals surface area contributed by atoms with Gasteiger partial charge in [0.2, 0.25) is 0 Å². The molecule has 1 saturated heterocycles. The summed E-state index contributed by atoms with van der Waals surface area (Å²) >= 11 is 0. The van der Waals surface area contributed by atoms with E-state index >= 15 is 0 Å². The fourth-order valence-corrected chi connectivity index (χ4v) is 2.14. The van der Waals surface area contributed by atoms with Gasteiger partial charge in [-0.05, 0) is 26.8 Å². The average Bonchev–Trinajstić information content (AvgIpc) is 2.58. The van der Waals surface area contributed by atoms with Gasteiger partial charge < -0.3 is 14.6 Å². The van der Waals surface area contributed by atoms with Crippen molar-refractivity contribution in [2.24, 2.45) is 0 Å². The minimum atomic E-state index is 0.0864. The Hall–Kier alpha value is -1.29. The van der Waals surface area contributed by atoms with Crippen LogP contribution >= 0.6 is 0 Å². The van der Waals surface area contributed by atoms with Gasteiger partial charge >= 0.3 is 0 Å². The lowest BCUT2D eigenvalue weighted by Gasteiger charge is -2.33. The molecule has 88 valence electrons. The van der Waals surface area contributed by atoms with Crippen LogP contribution in [0.4, 0.5) is 0 Å². The van der Waals surface area contributed by atoms with Gasteiger partial charge in [0.25, 0.3) is 5.91 Å². The van der Waals surface area contributed by atoms with Crippen LogP contribution in [0.3, 0.4) is 0 Å². The van der Waals surface area contributed by atoms with E-state index in [2.05, 4.69) is 12.2 Å². The molecule has 0 spiro atoms. The van der Waals surface area contributed by atoms with Crippen molar-refractivity contribution in [3.63, 3.8) is 0 Å². The van der Waals surface area contributed by atoms with Crippen molar-refractivity contribution in [3.05, 3.63) is 23.2 Å². The fraction of sp³-hybridized carbons (Fsp3) is 0.583. The molecule has 0 radical (unpaired) electrons. The molecule has 0 bridgehead atoms. The summed E-state index contributed by atoms with van der Waals surface area (Å²) in [6, 6.07) is 2.07. The molecule has 0 aromatic carbocycles. The Morgan fingerprint density at radius 3 is 2.88 bits per heavy atom. The number of hydrogen-bond acceptors (Lipinski definition) is 3. The van der Waals surface area contributed by atoms with Crippen LogP contribution in [0, 0.1) is 13.8 Å². The van der Waals surface area contributed by atoms with Crippen molar-refractivity contribution in [2.45, 2.75) is 26.8 Å². The number of furan rings is 1. The predicted molar refractivity (Wildman–Crippen MR) is 61.6 cm³/mol. The van der Waals surface area contributed by atoms with Crippen LogP contribution in [-0.2, 0) is 0 Å². The molecule has 1 N–H and O–H groups in total. The first-order valence-corrected chi connectivity index (χ1v) is 5.68. The number of nitrogens with one attached hydrogen (secondary N) is 1. The Morgan fingerprint density at radius 1 is 1.56 bits per heavy atom. The Bertz CT molecular complexity index is 398. The first-order chi connectivity index (χ1) is 7.59. The summed E-state index contributed by atoms with van der Waals surface area (Å²) in [7, 11) is 0. The number of aryl methyl sites for hydroxylation is 2. The second kappa shape index (κ2) is 4.29. The molecule has 4 heteroatoms. The molecule has 0 unspecified atom stereocenters. The molecule has 0 aliphatic carbocycles. The van der Waals surface area contributed by atoms with Crippen molar-refractivity contribution in [1.29, 1.82) is 0 Å². The Balaban J connectivity index is 2.21. The summed E-state index contributed by atoms with van der Waals surface area (Å²) in [5, 5.41) is 3.27. The lowest BCUT2D eigenvalue weighted by atomic mass is 10.1. The van der Waals surface area contributed by atoms with E-state index in [1.807, 2.05) is 24.8 Å². The fourth-order valence-electron chi connectivity index (χ4n) is 2.14. The smallest absolute Gasteiger partial charge is 0.257 e. The van der Waals surface area contributed by atoms with Crippen LogP contribution in [0.1, 0.15) is 28.8 Å². The highest BCUT2D eigenvalue weighted by Crippen LogP contribution is 2.17. The third-order valence-corrected chi connectivity index (χ3v) is 3.03. The third-order valence-electron chi connectivity index (χ3n) is 3.03. The third kappa shape index (κ3) is 1.97. The molecule has 1 aromatic heterocycles. The normalized spacial score (nSPS) is 21.2. The first-order valence-electron chi connectivity index (χ1n) is 5.68. The topological polar surface area (TPSA) is 45.5 Å². The van der Waals surface area contributed by atoms with Gasteiger partial charge in [-0.1, -0.05) is 0 Å². The van der Waals surface area contributed by atoms with E-state index in [0.717, 1.165) is 25.4 Å². The van der Waals surface area contributed by atoms with E-state index in [1.54, 1.807) is 0 Å². The maximum absolute atomic E-state index is 12.3. The minimum Gasteiger partial charge on any atom is -0.466 e. The second-order valence-electron chi connectivity index (χ2n) is 4.38. The van der Waals surface area contributed by atoms with Crippen molar-refractivity contribution in [2.75, 3.05) is 19.6 Å². The van der Waals surface area contributed by atoms with Gasteiger partial charge in [-0.15, -0.1) is 0 Å². The molecule has 2 heterocycles. The van der Waals surface area contributed by atoms with E-state index in [0.29, 0.717) is 11.3 Å². The lowest BCUT2D eigenvalue weighted by Crippen LogP contribution is -2.52. The van der Waals surface area contributed by atoms with E-state index in [1.165, 1.54) is 0 Å². The number of nitrogens with zero attached hydrogens (tertiary/aromatic N) is 1. The van der Waals surface area contributed by atoms with Gasteiger partial charge in [0.15, 0.2) is 0 Å². The molecule has 2 rings (SSSR count). The molecule has 1 fully saturated rings. The van der Waals surface area contributed by atoms with Gasteiger partial charge in [-0.3, -0.25) is 4.79 Å². The molecule has 0 saturated carbocycles. The summed E-state index contributed by atoms with van der Waals surface area (Å²) in [5.41, 5.74) is 0.700. The lowest BCUT2D eigenvalue weighted by molar-refractivity contribution is 0.0654. The van der Waals surface area contributed by atoms with E-state index < -0.39 is 0 Å². The van der Waals surface area contributed by atoms with Crippen LogP contribution in [-0.4, -0.2) is 36.5 Å². The molecule has 1 aliphatic heterocycles. The quantitative estimate of drug-likeness (QED) is 0.779. The Kier molecular flexibility index (Phi) is 3.01. The highest BCUT2D eigenvalue weighted by molar-refractivity contribution is 5.95. The van der Waals surface area contributed by atoms with Gasteiger partial charge in [-0.2, -0.15) is 0 Å². The molecule has 1 atom stereocenters. The summed E-state index contributed by atoms with van der Waals surface area (Å²) in [6.45, 7) is 8.27. The summed E-state index contributed by atoms with van der Waals surface area (Å²) in [4.78, 5) is 14.2. The molecule has 1 aromatic rings. The summed E-state index contributed by atoms with van der Waals surface area (Å²) < 4.78 is 5.40. The van der Waals surface area contributed by atoms with Crippen molar-refractivity contribution < 1.29 is 9.21 Å². The number of carbonyl (C=O) groups is 1. The Morgan fingerprint density at radius 2 is 2.31 bits per heavy atom. The highest BCUT2D eigenvalue weighted by Gasteiger charge is 2.26. The van der Waals surface area contributed by atoms with Crippen LogP contribution < -0.4 is 5.32 Å². The Labute approximate surface area is 95.6 Å². The van der Waals surface area contributed by atoms with Crippen LogP contribution in [0.25, 0.3) is 0 Å². The van der Waals surface area contributed by atoms with Gasteiger partial charge in [0.05, 0.1) is 5.56 Å². The number of carbonyl (C=O) groups excluding carboxylic acids is 1. The standard InChI is InChI=1S/C12H18N2O2/c1-8-7-13-4-5-14(8)12(15)11-6-9(2)16-10(11)3/h6,8,13H,4-5,7H2,1-3H3/t8-/m0/s1. The van der Waals surface area contributed by atoms with Crippen molar-refractivity contribution in [3.8, 4) is 0 Å². The summed E-state index contributed by atoms with van der Waals surface area (Å²) in [5.74, 6) is 1.60. The monoisotopic (exact) mass is 222 g/mol. The number of rotatable bonds is 1. The zero-order valence-corrected chi connectivity index (χ0v) is 10.0. The van der Waals surface area contributed by atoms with Crippen molar-refractivity contribution in [1.82, 2.24) is 10.2 Å². The highest BCUT2D eigenvalue weighted by atomic mass is 16.3. The summed E-state index contributed by atoms with van der Waals surface area (Å²) in [6.07, 6.45) is 0. The number of amides is 1. The van der Waals surface area contributed by atoms with Gasteiger partial charge in [0, 0.05) is 25.7 Å². The second-order valence-corrected chi connectivity index (χ2v) is 4.38. The zero-order valence-electron chi connectivity index (χ0n) is 10.0. The molecule has 16 heavy (non-hydrogen) atoms. The molecule has 1 aliphatic rings. The van der Waals surface area contributed by atoms with E-state index in [-0.39, 0.29) is 11.9 Å². The van der Waals surface area contributed by atoms with Crippen molar-refractivity contribution >= 4 is 5.91 Å². The van der Waals surface area contributed by atoms with Crippen LogP contribution in [0.2, 0.25) is 0 Å². The first kappa shape index (κ1) is 11.2. The molecule has 4 nitrogen and oxygen atoms in total. The number of piperazine rings is 1. The van der Waals surface area contributed by atoms with E-state index in [4.69, 9.17) is 4.42 Å². The molecular formula is C12H18N2O2. The minimum absolute atomic E-state index is 0.0864. The molecule has 1 amide bonds. The maximum Gasteiger partial charge on any atom is 0.257 e. The SMILES string of the molecule is Cc1cc(C(=O)N2CCNC[C@@H]2C)c(C)o1. The largest absolute Gasteiger partial charge is 0.466 e. The van der Waals surface area contributed by atoms with Crippen LogP contribution in [0.5, 0.6) is 0 Å².